The fourth-order valence-electron chi connectivity index (χ4n) is 0.896. The van der Waals surface area contributed by atoms with Gasteiger partial charge in [0.05, 0.1) is 0 Å². The Morgan fingerprint density at radius 3 is 2.25 bits per heavy atom. The maximum atomic E-state index is 12.2. The molecule has 0 bridgehead atoms. The van der Waals surface area contributed by atoms with E-state index in [9.17, 15) is 8.78 Å². The molecule has 1 atom stereocenters. The first-order chi connectivity index (χ1) is 3.60. The van der Waals surface area contributed by atoms with Gasteiger partial charge in [-0.05, 0) is 6.42 Å². The number of hydrogen-bond acceptors (Lipinski definition) is 0. The van der Waals surface area contributed by atoms with Gasteiger partial charge in [0.1, 0.15) is 0 Å². The average molecular weight is 232 g/mol. The van der Waals surface area contributed by atoms with E-state index in [1.165, 1.54) is 0 Å². The van der Waals surface area contributed by atoms with Crippen molar-refractivity contribution in [3.63, 3.8) is 0 Å². The largest absolute Gasteiger partial charge is 0.249 e. The lowest BCUT2D eigenvalue weighted by Crippen LogP contribution is -2.08. The lowest BCUT2D eigenvalue weighted by molar-refractivity contribution is 0.0101. The Morgan fingerprint density at radius 1 is 1.50 bits per heavy atom. The molecule has 0 radical (unpaired) electrons. The zero-order chi connectivity index (χ0) is 6.20. The van der Waals surface area contributed by atoms with Crippen LogP contribution in [0, 0.1) is 0 Å². The highest BCUT2D eigenvalue weighted by Crippen LogP contribution is 2.38. The Labute approximate surface area is 60.8 Å². The van der Waals surface area contributed by atoms with Crippen LogP contribution in [0.4, 0.5) is 8.78 Å². The van der Waals surface area contributed by atoms with Crippen LogP contribution < -0.4 is 0 Å². The molecule has 1 fully saturated rings. The molecule has 0 aromatic carbocycles. The second-order valence-electron chi connectivity index (χ2n) is 2.20. The zero-order valence-corrected chi connectivity index (χ0v) is 6.49. The summed E-state index contributed by atoms with van der Waals surface area (Å²) in [6.45, 7) is 0. The van der Waals surface area contributed by atoms with Gasteiger partial charge in [-0.1, -0.05) is 22.6 Å². The van der Waals surface area contributed by atoms with Gasteiger partial charge in [-0.3, -0.25) is 0 Å². The summed E-state index contributed by atoms with van der Waals surface area (Å²) in [7, 11) is 0. The van der Waals surface area contributed by atoms with Crippen molar-refractivity contribution >= 4 is 22.6 Å². The van der Waals surface area contributed by atoms with Gasteiger partial charge in [0.15, 0.2) is 0 Å². The Hall–Kier alpha value is 0.590. The lowest BCUT2D eigenvalue weighted by atomic mass is 10.3. The smallest absolute Gasteiger partial charge is 0.207 e. The highest BCUT2D eigenvalue weighted by atomic mass is 127. The minimum absolute atomic E-state index is 0.0908. The van der Waals surface area contributed by atoms with Crippen LogP contribution in [0.3, 0.4) is 0 Å². The summed E-state index contributed by atoms with van der Waals surface area (Å²) < 4.78 is 24.6. The minimum atomic E-state index is -2.34. The molecule has 1 rings (SSSR count). The Balaban J connectivity index is 2.44. The summed E-state index contributed by atoms with van der Waals surface area (Å²) >= 11 is 2.08. The fourth-order valence-corrected chi connectivity index (χ4v) is 1.85. The van der Waals surface area contributed by atoms with Crippen molar-refractivity contribution in [2.75, 3.05) is 0 Å². The fraction of sp³-hybridized carbons (Fsp3) is 1.00. The van der Waals surface area contributed by atoms with Gasteiger partial charge in [0, 0.05) is 16.8 Å². The molecule has 1 aliphatic carbocycles. The van der Waals surface area contributed by atoms with Gasteiger partial charge in [-0.25, -0.2) is 8.78 Å². The Bertz CT molecular complexity index is 92.4. The quantitative estimate of drug-likeness (QED) is 0.444. The number of hydrogen-bond donors (Lipinski definition) is 0. The standard InChI is InChI=1S/C5H7F2I/c6-5(7)2-1-4(8)3-5/h4H,1-3H2. The molecule has 1 unspecified atom stereocenters. The van der Waals surface area contributed by atoms with Crippen LogP contribution in [0.2, 0.25) is 0 Å². The van der Waals surface area contributed by atoms with E-state index >= 15 is 0 Å². The van der Waals surface area contributed by atoms with E-state index < -0.39 is 5.92 Å². The van der Waals surface area contributed by atoms with Crippen molar-refractivity contribution in [3.8, 4) is 0 Å². The summed E-state index contributed by atoms with van der Waals surface area (Å²) in [4.78, 5) is 0. The molecule has 1 aliphatic rings. The molecular formula is C5H7F2I. The van der Waals surface area contributed by atoms with E-state index in [-0.39, 0.29) is 16.8 Å². The van der Waals surface area contributed by atoms with Crippen LogP contribution in [0.1, 0.15) is 19.3 Å². The molecule has 0 amide bonds. The van der Waals surface area contributed by atoms with Gasteiger partial charge in [-0.15, -0.1) is 0 Å². The molecular weight excluding hydrogens is 225 g/mol. The third-order valence-corrected chi connectivity index (χ3v) is 2.41. The van der Waals surface area contributed by atoms with Gasteiger partial charge >= 0.3 is 0 Å². The molecule has 1 saturated carbocycles. The Kier molecular flexibility index (Phi) is 1.74. The predicted octanol–water partition coefficient (Wildman–Crippen LogP) is 2.61. The van der Waals surface area contributed by atoms with Crippen LogP contribution in [0.5, 0.6) is 0 Å². The minimum Gasteiger partial charge on any atom is -0.207 e. The molecule has 8 heavy (non-hydrogen) atoms. The van der Waals surface area contributed by atoms with Crippen LogP contribution >= 0.6 is 22.6 Å². The summed E-state index contributed by atoms with van der Waals surface area (Å²) in [5, 5.41) is 0. The van der Waals surface area contributed by atoms with Crippen molar-refractivity contribution in [1.29, 1.82) is 0 Å². The monoisotopic (exact) mass is 232 g/mol. The molecule has 48 valence electrons. The Morgan fingerprint density at radius 2 is 2.12 bits per heavy atom. The molecule has 0 aromatic rings. The molecule has 0 N–H and O–H groups in total. The predicted molar refractivity (Wildman–Crippen MR) is 36.6 cm³/mol. The third kappa shape index (κ3) is 1.53. The van der Waals surface area contributed by atoms with Crippen molar-refractivity contribution in [3.05, 3.63) is 0 Å². The maximum absolute atomic E-state index is 12.2. The maximum Gasteiger partial charge on any atom is 0.249 e. The van der Waals surface area contributed by atoms with Gasteiger partial charge in [-0.2, -0.15) is 0 Å². The van der Waals surface area contributed by atoms with Crippen molar-refractivity contribution in [2.24, 2.45) is 0 Å². The first kappa shape index (κ1) is 6.71. The van der Waals surface area contributed by atoms with E-state index in [4.69, 9.17) is 0 Å². The molecule has 0 heterocycles. The van der Waals surface area contributed by atoms with Crippen molar-refractivity contribution in [2.45, 2.75) is 29.1 Å². The van der Waals surface area contributed by atoms with Gasteiger partial charge in [0.2, 0.25) is 5.92 Å². The van der Waals surface area contributed by atoms with Crippen molar-refractivity contribution in [1.82, 2.24) is 0 Å². The second kappa shape index (κ2) is 2.08. The van der Waals surface area contributed by atoms with Crippen LogP contribution in [0.15, 0.2) is 0 Å². The number of rotatable bonds is 0. The summed E-state index contributed by atoms with van der Waals surface area (Å²) in [6, 6.07) is 0. The topological polar surface area (TPSA) is 0 Å². The normalized spacial score (nSPS) is 35.6. The van der Waals surface area contributed by atoms with Crippen LogP contribution in [0.25, 0.3) is 0 Å². The first-order valence-corrected chi connectivity index (χ1v) is 3.87. The highest BCUT2D eigenvalue weighted by molar-refractivity contribution is 14.1. The molecule has 0 nitrogen and oxygen atoms in total. The highest BCUT2D eigenvalue weighted by Gasteiger charge is 2.37. The summed E-state index contributed by atoms with van der Waals surface area (Å²) in [5.74, 6) is -2.34. The van der Waals surface area contributed by atoms with Gasteiger partial charge < -0.3 is 0 Å². The van der Waals surface area contributed by atoms with Crippen molar-refractivity contribution < 1.29 is 8.78 Å². The molecule has 3 heteroatoms. The van der Waals surface area contributed by atoms with E-state index in [1.807, 2.05) is 0 Å². The summed E-state index contributed by atoms with van der Waals surface area (Å²) in [5.41, 5.74) is 0. The second-order valence-corrected chi connectivity index (χ2v) is 3.96. The van der Waals surface area contributed by atoms with E-state index in [1.54, 1.807) is 0 Å². The van der Waals surface area contributed by atoms with E-state index in [0.717, 1.165) is 0 Å². The average Bonchev–Trinajstić information content (AvgIpc) is 1.82. The van der Waals surface area contributed by atoms with Gasteiger partial charge in [0.25, 0.3) is 0 Å². The van der Waals surface area contributed by atoms with Crippen LogP contribution in [-0.2, 0) is 0 Å². The lowest BCUT2D eigenvalue weighted by Gasteiger charge is -2.04. The van der Waals surface area contributed by atoms with E-state index in [0.29, 0.717) is 6.42 Å². The molecule has 0 saturated heterocycles. The molecule has 0 spiro atoms. The zero-order valence-electron chi connectivity index (χ0n) is 4.33. The SMILES string of the molecule is FC1(F)CCC(I)C1. The number of alkyl halides is 3. The summed E-state index contributed by atoms with van der Waals surface area (Å²) in [6.07, 6.45) is 0.877. The third-order valence-electron chi connectivity index (χ3n) is 1.34. The van der Waals surface area contributed by atoms with E-state index in [2.05, 4.69) is 22.6 Å². The van der Waals surface area contributed by atoms with Crippen LogP contribution in [-0.4, -0.2) is 9.85 Å². The number of halogens is 3. The molecule has 0 aromatic heterocycles. The molecule has 0 aliphatic heterocycles. The first-order valence-electron chi connectivity index (χ1n) is 2.62.